The van der Waals surface area contributed by atoms with Crippen molar-refractivity contribution < 1.29 is 0 Å². The molecule has 0 spiro atoms. The van der Waals surface area contributed by atoms with Crippen LogP contribution in [0, 0.1) is 0 Å². The number of pyridine rings is 2. The van der Waals surface area contributed by atoms with E-state index >= 15 is 0 Å². The van der Waals surface area contributed by atoms with Crippen LogP contribution in [-0.4, -0.2) is 9.97 Å². The molecular weight excluding hydrogens is 460 g/mol. The second kappa shape index (κ2) is 8.22. The molecule has 0 unspecified atom stereocenters. The van der Waals surface area contributed by atoms with Crippen molar-refractivity contribution in [3.05, 3.63) is 134 Å². The van der Waals surface area contributed by atoms with Crippen LogP contribution in [0.3, 0.4) is 0 Å². The maximum Gasteiger partial charge on any atom is 0.0346 e. The van der Waals surface area contributed by atoms with Gasteiger partial charge in [-0.2, -0.15) is 0 Å². The fraction of sp³-hybridized carbons (Fsp3) is 0. The van der Waals surface area contributed by atoms with Crippen LogP contribution < -0.4 is 0 Å². The Morgan fingerprint density at radius 2 is 0.737 bits per heavy atom. The number of rotatable bonds is 2. The Balaban J connectivity index is 1.35. The third-order valence-electron chi connectivity index (χ3n) is 7.78. The van der Waals surface area contributed by atoms with Gasteiger partial charge in [-0.1, -0.05) is 72.8 Å². The smallest absolute Gasteiger partial charge is 0.0346 e. The zero-order valence-electron chi connectivity index (χ0n) is 20.6. The standard InChI is InChI=1S/C36H22N2/c1-2-4-32-31(3-1)35-19-25(23-5-7-29-21-37-15-13-27(29)17-23)9-11-33(35)34-12-10-26(20-36(32)34)24-6-8-30-22-38-16-14-28(30)18-24/h1-22H. The molecular formula is C36H22N2. The molecule has 0 aliphatic heterocycles. The van der Waals surface area contributed by atoms with E-state index in [9.17, 15) is 0 Å². The molecule has 2 aromatic heterocycles. The molecule has 0 atom stereocenters. The first kappa shape index (κ1) is 21.0. The summed E-state index contributed by atoms with van der Waals surface area (Å²) in [6.07, 6.45) is 7.55. The predicted molar refractivity (Wildman–Crippen MR) is 160 cm³/mol. The van der Waals surface area contributed by atoms with Crippen LogP contribution in [0.4, 0.5) is 0 Å². The number of benzene rings is 6. The molecule has 6 aromatic carbocycles. The fourth-order valence-corrected chi connectivity index (χ4v) is 5.84. The van der Waals surface area contributed by atoms with Crippen LogP contribution in [0.1, 0.15) is 0 Å². The van der Waals surface area contributed by atoms with Gasteiger partial charge in [-0.05, 0) is 102 Å². The molecule has 8 rings (SSSR count). The van der Waals surface area contributed by atoms with Crippen molar-refractivity contribution in [2.45, 2.75) is 0 Å². The normalized spacial score (nSPS) is 11.7. The summed E-state index contributed by atoms with van der Waals surface area (Å²) in [5.41, 5.74) is 4.89. The summed E-state index contributed by atoms with van der Waals surface area (Å²) in [4.78, 5) is 8.51. The molecule has 0 aliphatic carbocycles. The van der Waals surface area contributed by atoms with Gasteiger partial charge in [-0.25, -0.2) is 0 Å². The quantitative estimate of drug-likeness (QED) is 0.229. The van der Waals surface area contributed by atoms with Crippen molar-refractivity contribution in [3.63, 3.8) is 0 Å². The first-order chi connectivity index (χ1) is 18.8. The highest BCUT2D eigenvalue weighted by Crippen LogP contribution is 2.39. The van der Waals surface area contributed by atoms with Crippen molar-refractivity contribution in [3.8, 4) is 22.3 Å². The number of fused-ring (bicyclic) bond motifs is 8. The molecule has 38 heavy (non-hydrogen) atoms. The largest absolute Gasteiger partial charge is 0.264 e. The lowest BCUT2D eigenvalue weighted by Crippen LogP contribution is -1.87. The van der Waals surface area contributed by atoms with Crippen LogP contribution in [0.15, 0.2) is 134 Å². The third-order valence-corrected chi connectivity index (χ3v) is 7.78. The summed E-state index contributed by atoms with van der Waals surface area (Å²) >= 11 is 0. The lowest BCUT2D eigenvalue weighted by atomic mass is 9.90. The van der Waals surface area contributed by atoms with Crippen molar-refractivity contribution in [1.82, 2.24) is 9.97 Å². The molecule has 0 bridgehead atoms. The molecule has 176 valence electrons. The van der Waals surface area contributed by atoms with Gasteiger partial charge >= 0.3 is 0 Å². The predicted octanol–water partition coefficient (Wildman–Crippen LogP) is 9.58. The molecule has 0 fully saturated rings. The lowest BCUT2D eigenvalue weighted by Gasteiger charge is -2.14. The molecule has 2 heterocycles. The molecule has 0 radical (unpaired) electrons. The van der Waals surface area contributed by atoms with E-state index in [0.29, 0.717) is 0 Å². The van der Waals surface area contributed by atoms with Gasteiger partial charge in [0, 0.05) is 35.6 Å². The van der Waals surface area contributed by atoms with Crippen molar-refractivity contribution >= 4 is 53.9 Å². The zero-order chi connectivity index (χ0) is 25.1. The molecule has 8 aromatic rings. The van der Waals surface area contributed by atoms with E-state index in [0.717, 1.165) is 10.8 Å². The average molecular weight is 483 g/mol. The van der Waals surface area contributed by atoms with Crippen LogP contribution in [0.2, 0.25) is 0 Å². The van der Waals surface area contributed by atoms with Gasteiger partial charge in [0.1, 0.15) is 0 Å². The fourth-order valence-electron chi connectivity index (χ4n) is 5.84. The number of aromatic nitrogens is 2. The van der Waals surface area contributed by atoms with E-state index in [1.54, 1.807) is 0 Å². The van der Waals surface area contributed by atoms with E-state index < -0.39 is 0 Å². The highest BCUT2D eigenvalue weighted by Gasteiger charge is 2.12. The average Bonchev–Trinajstić information content (AvgIpc) is 3.00. The number of hydrogen-bond acceptors (Lipinski definition) is 2. The second-order valence-corrected chi connectivity index (χ2v) is 9.94. The van der Waals surface area contributed by atoms with E-state index in [4.69, 9.17) is 0 Å². The van der Waals surface area contributed by atoms with E-state index in [1.807, 2.05) is 24.8 Å². The third kappa shape index (κ3) is 3.28. The maximum atomic E-state index is 4.26. The zero-order valence-corrected chi connectivity index (χ0v) is 20.6. The van der Waals surface area contributed by atoms with Gasteiger partial charge in [0.05, 0.1) is 0 Å². The van der Waals surface area contributed by atoms with Gasteiger partial charge in [0.25, 0.3) is 0 Å². The highest BCUT2D eigenvalue weighted by atomic mass is 14.6. The van der Waals surface area contributed by atoms with E-state index in [-0.39, 0.29) is 0 Å². The summed E-state index contributed by atoms with van der Waals surface area (Å²) in [7, 11) is 0. The minimum absolute atomic E-state index is 1.16. The minimum atomic E-state index is 1.16. The monoisotopic (exact) mass is 482 g/mol. The Morgan fingerprint density at radius 3 is 1.24 bits per heavy atom. The Bertz CT molecular complexity index is 2020. The Morgan fingerprint density at radius 1 is 0.316 bits per heavy atom. The number of hydrogen-bond donors (Lipinski definition) is 0. The summed E-state index contributed by atoms with van der Waals surface area (Å²) in [6.45, 7) is 0. The molecule has 2 heteroatoms. The first-order valence-corrected chi connectivity index (χ1v) is 12.9. The molecule has 0 aliphatic rings. The molecule has 0 saturated heterocycles. The summed E-state index contributed by atoms with van der Waals surface area (Å²) in [5, 5.41) is 12.4. The van der Waals surface area contributed by atoms with Gasteiger partial charge in [-0.15, -0.1) is 0 Å². The topological polar surface area (TPSA) is 25.8 Å². The summed E-state index contributed by atoms with van der Waals surface area (Å²) < 4.78 is 0. The van der Waals surface area contributed by atoms with Crippen LogP contribution in [0.5, 0.6) is 0 Å². The van der Waals surface area contributed by atoms with Crippen molar-refractivity contribution in [1.29, 1.82) is 0 Å². The van der Waals surface area contributed by atoms with Crippen LogP contribution in [0.25, 0.3) is 76.1 Å². The Kier molecular flexibility index (Phi) is 4.55. The molecule has 2 nitrogen and oxygen atoms in total. The van der Waals surface area contributed by atoms with Gasteiger partial charge in [0.2, 0.25) is 0 Å². The summed E-state index contributed by atoms with van der Waals surface area (Å²) in [5.74, 6) is 0. The van der Waals surface area contributed by atoms with E-state index in [2.05, 4.69) is 119 Å². The SMILES string of the molecule is c1ccc2c(c1)c1cc(-c3ccc4cnccc4c3)ccc1c1ccc(-c3ccc4cnccc4c3)cc21. The Labute approximate surface area is 219 Å². The van der Waals surface area contributed by atoms with Gasteiger partial charge in [0.15, 0.2) is 0 Å². The van der Waals surface area contributed by atoms with Crippen molar-refractivity contribution in [2.75, 3.05) is 0 Å². The van der Waals surface area contributed by atoms with E-state index in [1.165, 1.54) is 65.3 Å². The molecule has 0 N–H and O–H groups in total. The molecule has 0 saturated carbocycles. The van der Waals surface area contributed by atoms with Crippen molar-refractivity contribution in [2.24, 2.45) is 0 Å². The highest BCUT2D eigenvalue weighted by molar-refractivity contribution is 6.26. The molecule has 0 amide bonds. The second-order valence-electron chi connectivity index (χ2n) is 9.94. The Hall–Kier alpha value is -5.08. The summed E-state index contributed by atoms with van der Waals surface area (Å²) in [6, 6.07) is 40.0. The minimum Gasteiger partial charge on any atom is -0.264 e. The van der Waals surface area contributed by atoms with Crippen LogP contribution in [-0.2, 0) is 0 Å². The van der Waals surface area contributed by atoms with Gasteiger partial charge in [-0.3, -0.25) is 9.97 Å². The first-order valence-electron chi connectivity index (χ1n) is 12.9. The van der Waals surface area contributed by atoms with Gasteiger partial charge < -0.3 is 0 Å². The lowest BCUT2D eigenvalue weighted by molar-refractivity contribution is 1.36. The van der Waals surface area contributed by atoms with Crippen LogP contribution >= 0.6 is 0 Å². The maximum absolute atomic E-state index is 4.26. The number of nitrogens with zero attached hydrogens (tertiary/aromatic N) is 2.